The first-order chi connectivity index (χ1) is 7.67. The molecule has 0 aliphatic heterocycles. The van der Waals surface area contributed by atoms with Crippen LogP contribution in [0.5, 0.6) is 5.75 Å². The van der Waals surface area contributed by atoms with Crippen molar-refractivity contribution in [2.24, 2.45) is 5.92 Å². The van der Waals surface area contributed by atoms with Crippen molar-refractivity contribution < 1.29 is 4.74 Å². The highest BCUT2D eigenvalue weighted by atomic mass is 16.5. The van der Waals surface area contributed by atoms with Crippen LogP contribution in [0.1, 0.15) is 26.3 Å². The van der Waals surface area contributed by atoms with Crippen molar-refractivity contribution in [2.75, 3.05) is 13.7 Å². The molecule has 0 saturated heterocycles. The summed E-state index contributed by atoms with van der Waals surface area (Å²) < 4.78 is 5.24. The van der Waals surface area contributed by atoms with E-state index in [1.54, 1.807) is 7.11 Å². The molecule has 0 spiro atoms. The molecule has 1 aromatic carbocycles. The Labute approximate surface area is 99.0 Å². The fraction of sp³-hybridized carbons (Fsp3) is 0.571. The molecule has 0 heterocycles. The molecule has 1 aromatic rings. The summed E-state index contributed by atoms with van der Waals surface area (Å²) in [7, 11) is 1.71. The van der Waals surface area contributed by atoms with E-state index in [-0.39, 0.29) is 0 Å². The molecule has 2 nitrogen and oxygen atoms in total. The minimum absolute atomic E-state index is 0.539. The van der Waals surface area contributed by atoms with Crippen LogP contribution in [0.3, 0.4) is 0 Å². The Morgan fingerprint density at radius 1 is 1.31 bits per heavy atom. The van der Waals surface area contributed by atoms with Crippen molar-refractivity contribution in [3.63, 3.8) is 0 Å². The summed E-state index contributed by atoms with van der Waals surface area (Å²) in [4.78, 5) is 0. The zero-order valence-electron chi connectivity index (χ0n) is 10.8. The molecule has 0 amide bonds. The molecule has 2 heteroatoms. The van der Waals surface area contributed by atoms with Crippen molar-refractivity contribution in [1.29, 1.82) is 0 Å². The van der Waals surface area contributed by atoms with Gasteiger partial charge in [0.05, 0.1) is 7.11 Å². The fourth-order valence-corrected chi connectivity index (χ4v) is 1.86. The smallest absolute Gasteiger partial charge is 0.119 e. The van der Waals surface area contributed by atoms with Gasteiger partial charge in [-0.25, -0.2) is 0 Å². The van der Waals surface area contributed by atoms with Crippen molar-refractivity contribution >= 4 is 0 Å². The number of nitrogens with one attached hydrogen (secondary N) is 1. The van der Waals surface area contributed by atoms with E-state index >= 15 is 0 Å². The Bertz CT molecular complexity index is 309. The van der Waals surface area contributed by atoms with E-state index in [1.807, 2.05) is 6.07 Å². The highest BCUT2D eigenvalue weighted by Crippen LogP contribution is 2.16. The maximum absolute atomic E-state index is 5.24. The van der Waals surface area contributed by atoms with Crippen molar-refractivity contribution in [3.8, 4) is 5.75 Å². The first kappa shape index (κ1) is 13.0. The molecule has 0 aliphatic carbocycles. The molecule has 0 fully saturated rings. The maximum Gasteiger partial charge on any atom is 0.119 e. The second kappa shape index (κ2) is 6.54. The molecule has 1 N–H and O–H groups in total. The molecule has 0 radical (unpaired) electrons. The third-order valence-electron chi connectivity index (χ3n) is 2.86. The highest BCUT2D eigenvalue weighted by molar-refractivity contribution is 5.29. The molecular formula is C14H23NO. The Hall–Kier alpha value is -1.02. The summed E-state index contributed by atoms with van der Waals surface area (Å²) in [6.07, 6.45) is 1.06. The minimum atomic E-state index is 0.539. The van der Waals surface area contributed by atoms with Gasteiger partial charge in [0.25, 0.3) is 0 Å². The predicted octanol–water partition coefficient (Wildman–Crippen LogP) is 2.87. The number of methoxy groups -OCH3 is 1. The van der Waals surface area contributed by atoms with E-state index in [9.17, 15) is 0 Å². The zero-order valence-corrected chi connectivity index (χ0v) is 10.8. The summed E-state index contributed by atoms with van der Waals surface area (Å²) in [5.74, 6) is 1.59. The number of ether oxygens (including phenoxy) is 1. The Morgan fingerprint density at radius 2 is 2.06 bits per heavy atom. The molecular weight excluding hydrogens is 198 g/mol. The van der Waals surface area contributed by atoms with Gasteiger partial charge in [0.15, 0.2) is 0 Å². The van der Waals surface area contributed by atoms with E-state index in [1.165, 1.54) is 5.56 Å². The summed E-state index contributed by atoms with van der Waals surface area (Å²) in [5.41, 5.74) is 1.33. The summed E-state index contributed by atoms with van der Waals surface area (Å²) in [6, 6.07) is 8.86. The molecule has 0 bridgehead atoms. The minimum Gasteiger partial charge on any atom is -0.497 e. The molecule has 0 aliphatic rings. The lowest BCUT2D eigenvalue weighted by molar-refractivity contribution is 0.400. The lowest BCUT2D eigenvalue weighted by Gasteiger charge is -2.22. The van der Waals surface area contributed by atoms with E-state index in [2.05, 4.69) is 44.3 Å². The van der Waals surface area contributed by atoms with Crippen LogP contribution in [0.4, 0.5) is 0 Å². The Morgan fingerprint density at radius 3 is 2.62 bits per heavy atom. The van der Waals surface area contributed by atoms with Crippen LogP contribution in [0.15, 0.2) is 24.3 Å². The second-order valence-electron chi connectivity index (χ2n) is 4.46. The number of hydrogen-bond donors (Lipinski definition) is 1. The predicted molar refractivity (Wildman–Crippen MR) is 69.0 cm³/mol. The molecule has 0 aromatic heterocycles. The SMILES string of the molecule is CCNC(Cc1cccc(OC)c1)C(C)C. The van der Waals surface area contributed by atoms with Crippen LogP contribution in [-0.2, 0) is 6.42 Å². The van der Waals surface area contributed by atoms with E-state index < -0.39 is 0 Å². The Balaban J connectivity index is 2.68. The van der Waals surface area contributed by atoms with Crippen LogP contribution in [0, 0.1) is 5.92 Å². The maximum atomic E-state index is 5.24. The van der Waals surface area contributed by atoms with E-state index in [4.69, 9.17) is 4.74 Å². The van der Waals surface area contributed by atoms with Gasteiger partial charge < -0.3 is 10.1 Å². The van der Waals surface area contributed by atoms with Crippen LogP contribution in [0.25, 0.3) is 0 Å². The van der Waals surface area contributed by atoms with E-state index in [0.29, 0.717) is 12.0 Å². The van der Waals surface area contributed by atoms with Crippen LogP contribution >= 0.6 is 0 Å². The molecule has 1 unspecified atom stereocenters. The normalized spacial score (nSPS) is 12.8. The first-order valence-electron chi connectivity index (χ1n) is 6.03. The van der Waals surface area contributed by atoms with Gasteiger partial charge in [-0.3, -0.25) is 0 Å². The lowest BCUT2D eigenvalue weighted by atomic mass is 9.96. The quantitative estimate of drug-likeness (QED) is 0.797. The third-order valence-corrected chi connectivity index (χ3v) is 2.86. The van der Waals surface area contributed by atoms with Gasteiger partial charge in [-0.15, -0.1) is 0 Å². The van der Waals surface area contributed by atoms with Gasteiger partial charge in [-0.05, 0) is 36.6 Å². The summed E-state index contributed by atoms with van der Waals surface area (Å²) in [5, 5.41) is 3.53. The monoisotopic (exact) mass is 221 g/mol. The average Bonchev–Trinajstić information content (AvgIpc) is 2.28. The van der Waals surface area contributed by atoms with Crippen molar-refractivity contribution in [1.82, 2.24) is 5.32 Å². The molecule has 90 valence electrons. The largest absolute Gasteiger partial charge is 0.497 e. The lowest BCUT2D eigenvalue weighted by Crippen LogP contribution is -2.35. The second-order valence-corrected chi connectivity index (χ2v) is 4.46. The standard InChI is InChI=1S/C14H23NO/c1-5-15-14(11(2)3)10-12-7-6-8-13(9-12)16-4/h6-9,11,14-15H,5,10H2,1-4H3. The number of likely N-dealkylation sites (N-methyl/N-ethyl adjacent to an activating group) is 1. The van der Waals surface area contributed by atoms with E-state index in [0.717, 1.165) is 18.7 Å². The van der Waals surface area contributed by atoms with Crippen LogP contribution in [0.2, 0.25) is 0 Å². The molecule has 0 saturated carbocycles. The van der Waals surface area contributed by atoms with Gasteiger partial charge >= 0.3 is 0 Å². The van der Waals surface area contributed by atoms with Crippen molar-refractivity contribution in [3.05, 3.63) is 29.8 Å². The Kier molecular flexibility index (Phi) is 5.33. The van der Waals surface area contributed by atoms with Crippen LogP contribution < -0.4 is 10.1 Å². The van der Waals surface area contributed by atoms with Gasteiger partial charge in [0, 0.05) is 6.04 Å². The van der Waals surface area contributed by atoms with Crippen LogP contribution in [-0.4, -0.2) is 19.7 Å². The summed E-state index contributed by atoms with van der Waals surface area (Å²) in [6.45, 7) is 7.69. The molecule has 16 heavy (non-hydrogen) atoms. The average molecular weight is 221 g/mol. The number of hydrogen-bond acceptors (Lipinski definition) is 2. The topological polar surface area (TPSA) is 21.3 Å². The fourth-order valence-electron chi connectivity index (χ4n) is 1.86. The van der Waals surface area contributed by atoms with Gasteiger partial charge in [0.2, 0.25) is 0 Å². The number of rotatable bonds is 6. The number of benzene rings is 1. The van der Waals surface area contributed by atoms with Gasteiger partial charge in [-0.1, -0.05) is 32.9 Å². The van der Waals surface area contributed by atoms with Gasteiger partial charge in [-0.2, -0.15) is 0 Å². The highest BCUT2D eigenvalue weighted by Gasteiger charge is 2.12. The zero-order chi connectivity index (χ0) is 12.0. The first-order valence-corrected chi connectivity index (χ1v) is 6.03. The third kappa shape index (κ3) is 3.86. The molecule has 1 atom stereocenters. The van der Waals surface area contributed by atoms with Gasteiger partial charge in [0.1, 0.15) is 5.75 Å². The molecule has 1 rings (SSSR count). The summed E-state index contributed by atoms with van der Waals surface area (Å²) >= 11 is 0. The van der Waals surface area contributed by atoms with Crippen molar-refractivity contribution in [2.45, 2.75) is 33.2 Å².